The first-order valence-corrected chi connectivity index (χ1v) is 9.11. The molecule has 0 fully saturated rings. The number of carbonyl (C=O) groups excluding carboxylic acids is 1. The van der Waals surface area contributed by atoms with Crippen LogP contribution < -0.4 is 5.73 Å². The Bertz CT molecular complexity index is 429. The average molecular weight is 356 g/mol. The Labute approximate surface area is 153 Å². The topological polar surface area (TPSA) is 52.3 Å². The Hall–Kier alpha value is -1.06. The van der Waals surface area contributed by atoms with E-state index in [4.69, 9.17) is 10.5 Å². The number of aryl methyl sites for hydroxylation is 1. The first-order chi connectivity index (χ1) is 11.2. The summed E-state index contributed by atoms with van der Waals surface area (Å²) in [4.78, 5) is 11.8. The third-order valence-electron chi connectivity index (χ3n) is 4.41. The number of hydrogen-bond donors (Lipinski definition) is 1. The van der Waals surface area contributed by atoms with E-state index in [0.29, 0.717) is 0 Å². The summed E-state index contributed by atoms with van der Waals surface area (Å²) in [5, 5.41) is 0. The second kappa shape index (κ2) is 13.3. The maximum absolute atomic E-state index is 11.8. The highest BCUT2D eigenvalue weighted by Gasteiger charge is 2.32. The Morgan fingerprint density at radius 1 is 1.00 bits per heavy atom. The number of rotatable bonds is 12. The number of ether oxygens (including phenoxy) is 1. The Morgan fingerprint density at radius 2 is 1.54 bits per heavy atom. The van der Waals surface area contributed by atoms with Gasteiger partial charge in [-0.2, -0.15) is 0 Å². The van der Waals surface area contributed by atoms with Crippen molar-refractivity contribution in [2.75, 3.05) is 6.54 Å². The summed E-state index contributed by atoms with van der Waals surface area (Å²) >= 11 is 0. The third-order valence-corrected chi connectivity index (χ3v) is 4.41. The molecule has 0 amide bonds. The van der Waals surface area contributed by atoms with Gasteiger partial charge in [0, 0.05) is 0 Å². The van der Waals surface area contributed by atoms with Crippen molar-refractivity contribution in [2.24, 2.45) is 5.73 Å². The number of halogens is 1. The lowest BCUT2D eigenvalue weighted by Crippen LogP contribution is -2.37. The van der Waals surface area contributed by atoms with Gasteiger partial charge in [-0.1, -0.05) is 57.0 Å². The van der Waals surface area contributed by atoms with Gasteiger partial charge in [0.15, 0.2) is 0 Å². The van der Waals surface area contributed by atoms with E-state index in [1.807, 2.05) is 6.07 Å². The van der Waals surface area contributed by atoms with E-state index < -0.39 is 0 Å². The molecule has 0 aliphatic rings. The van der Waals surface area contributed by atoms with Crippen molar-refractivity contribution < 1.29 is 9.53 Å². The molecular formula is C20H34ClNO2. The van der Waals surface area contributed by atoms with Gasteiger partial charge in [-0.15, -0.1) is 12.4 Å². The summed E-state index contributed by atoms with van der Waals surface area (Å²) in [5.74, 6) is -0.267. The molecule has 0 saturated carbocycles. The second-order valence-corrected chi connectivity index (χ2v) is 6.41. The molecule has 138 valence electrons. The van der Waals surface area contributed by atoms with Crippen molar-refractivity contribution in [2.45, 2.75) is 77.2 Å². The summed E-state index contributed by atoms with van der Waals surface area (Å²) in [6, 6.07) is 10.5. The van der Waals surface area contributed by atoms with Crippen molar-refractivity contribution in [1.29, 1.82) is 0 Å². The molecule has 0 unspecified atom stereocenters. The zero-order valence-corrected chi connectivity index (χ0v) is 16.1. The molecule has 0 spiro atoms. The molecule has 0 bridgehead atoms. The molecule has 0 atom stereocenters. The van der Waals surface area contributed by atoms with Gasteiger partial charge in [0.2, 0.25) is 0 Å². The van der Waals surface area contributed by atoms with Crippen LogP contribution in [0.15, 0.2) is 30.3 Å². The molecule has 0 heterocycles. The summed E-state index contributed by atoms with van der Waals surface area (Å²) in [5.41, 5.74) is 6.50. The quantitative estimate of drug-likeness (QED) is 0.533. The third kappa shape index (κ3) is 8.70. The van der Waals surface area contributed by atoms with Crippen LogP contribution in [-0.2, 0) is 16.0 Å². The van der Waals surface area contributed by atoms with Crippen molar-refractivity contribution in [3.8, 4) is 0 Å². The van der Waals surface area contributed by atoms with Gasteiger partial charge in [-0.3, -0.25) is 4.79 Å². The second-order valence-electron chi connectivity index (χ2n) is 6.41. The highest BCUT2D eigenvalue weighted by molar-refractivity contribution is 5.85. The number of carbonyl (C=O) groups is 1. The van der Waals surface area contributed by atoms with Gasteiger partial charge < -0.3 is 10.5 Å². The van der Waals surface area contributed by atoms with Gasteiger partial charge in [0.25, 0.3) is 0 Å². The normalized spacial score (nSPS) is 11.0. The number of hydrogen-bond acceptors (Lipinski definition) is 3. The number of nitrogens with two attached hydrogens (primary N) is 1. The monoisotopic (exact) mass is 355 g/mol. The van der Waals surface area contributed by atoms with Gasteiger partial charge in [-0.25, -0.2) is 0 Å². The van der Waals surface area contributed by atoms with Crippen LogP contribution in [0.1, 0.15) is 70.8 Å². The van der Waals surface area contributed by atoms with Crippen LogP contribution in [0.5, 0.6) is 0 Å². The van der Waals surface area contributed by atoms with Crippen LogP contribution in [0.3, 0.4) is 0 Å². The SMILES string of the molecule is CCCCC(CCCC)(CCCc1ccccc1)OC(=O)CN.Cl. The molecular weight excluding hydrogens is 322 g/mol. The van der Waals surface area contributed by atoms with E-state index in [1.54, 1.807) is 0 Å². The van der Waals surface area contributed by atoms with Gasteiger partial charge in [0.05, 0.1) is 6.54 Å². The molecule has 1 aromatic rings. The lowest BCUT2D eigenvalue weighted by atomic mass is 9.85. The van der Waals surface area contributed by atoms with Gasteiger partial charge >= 0.3 is 5.97 Å². The molecule has 24 heavy (non-hydrogen) atoms. The Balaban J connectivity index is 0.00000529. The van der Waals surface area contributed by atoms with E-state index in [1.165, 1.54) is 5.56 Å². The van der Waals surface area contributed by atoms with Crippen molar-refractivity contribution in [1.82, 2.24) is 0 Å². The van der Waals surface area contributed by atoms with E-state index in [-0.39, 0.29) is 30.5 Å². The van der Waals surface area contributed by atoms with E-state index >= 15 is 0 Å². The van der Waals surface area contributed by atoms with Crippen LogP contribution >= 0.6 is 12.4 Å². The summed E-state index contributed by atoms with van der Waals surface area (Å²) < 4.78 is 5.87. The average Bonchev–Trinajstić information content (AvgIpc) is 2.59. The van der Waals surface area contributed by atoms with Crippen molar-refractivity contribution >= 4 is 18.4 Å². The van der Waals surface area contributed by atoms with Crippen LogP contribution in [0, 0.1) is 0 Å². The lowest BCUT2D eigenvalue weighted by Gasteiger charge is -2.34. The fourth-order valence-electron chi connectivity index (χ4n) is 3.07. The molecule has 2 N–H and O–H groups in total. The van der Waals surface area contributed by atoms with Gasteiger partial charge in [-0.05, 0) is 50.5 Å². The first-order valence-electron chi connectivity index (χ1n) is 9.11. The molecule has 0 aromatic heterocycles. The van der Waals surface area contributed by atoms with E-state index in [2.05, 4.69) is 38.1 Å². The smallest absolute Gasteiger partial charge is 0.320 e. The summed E-state index contributed by atoms with van der Waals surface area (Å²) in [6.45, 7) is 4.33. The van der Waals surface area contributed by atoms with Crippen LogP contribution in [-0.4, -0.2) is 18.1 Å². The Kier molecular flexibility index (Phi) is 12.7. The first kappa shape index (κ1) is 22.9. The molecule has 0 radical (unpaired) electrons. The van der Waals surface area contributed by atoms with Gasteiger partial charge in [0.1, 0.15) is 5.60 Å². The fourth-order valence-corrected chi connectivity index (χ4v) is 3.07. The minimum absolute atomic E-state index is 0. The number of esters is 1. The molecule has 3 nitrogen and oxygen atoms in total. The standard InChI is InChI=1S/C20H33NO2.ClH/c1-3-5-14-20(15-6-4-2,23-19(22)17-21)16-10-13-18-11-8-7-9-12-18;/h7-9,11-12H,3-6,10,13-17,21H2,1-2H3;1H. The molecule has 0 aliphatic carbocycles. The van der Waals surface area contributed by atoms with Crippen LogP contribution in [0.2, 0.25) is 0 Å². The van der Waals surface area contributed by atoms with E-state index in [0.717, 1.165) is 57.8 Å². The minimum atomic E-state index is -0.322. The lowest BCUT2D eigenvalue weighted by molar-refractivity contribution is -0.161. The zero-order valence-electron chi connectivity index (χ0n) is 15.3. The Morgan fingerprint density at radius 3 is 2.04 bits per heavy atom. The van der Waals surface area contributed by atoms with Crippen LogP contribution in [0.25, 0.3) is 0 Å². The minimum Gasteiger partial charge on any atom is -0.458 e. The summed E-state index contributed by atoms with van der Waals surface area (Å²) in [6.07, 6.45) is 9.30. The number of benzene rings is 1. The van der Waals surface area contributed by atoms with Crippen LogP contribution in [0.4, 0.5) is 0 Å². The largest absolute Gasteiger partial charge is 0.458 e. The predicted octanol–water partition coefficient (Wildman–Crippen LogP) is 5.05. The molecule has 4 heteroatoms. The maximum atomic E-state index is 11.8. The summed E-state index contributed by atoms with van der Waals surface area (Å²) in [7, 11) is 0. The molecule has 0 saturated heterocycles. The van der Waals surface area contributed by atoms with Crippen molar-refractivity contribution in [3.63, 3.8) is 0 Å². The molecule has 1 aromatic carbocycles. The predicted molar refractivity (Wildman–Crippen MR) is 104 cm³/mol. The number of unbranched alkanes of at least 4 members (excludes halogenated alkanes) is 2. The van der Waals surface area contributed by atoms with Crippen molar-refractivity contribution in [3.05, 3.63) is 35.9 Å². The highest BCUT2D eigenvalue weighted by atomic mass is 35.5. The highest BCUT2D eigenvalue weighted by Crippen LogP contribution is 2.32. The molecule has 1 rings (SSSR count). The zero-order chi connectivity index (χ0) is 17.0. The molecule has 0 aliphatic heterocycles. The fraction of sp³-hybridized carbons (Fsp3) is 0.650. The van der Waals surface area contributed by atoms with E-state index in [9.17, 15) is 4.79 Å². The maximum Gasteiger partial charge on any atom is 0.320 e.